The zero-order valence-electron chi connectivity index (χ0n) is 22.2. The number of hydrogen-bond donors (Lipinski definition) is 1. The first-order valence-electron chi connectivity index (χ1n) is 13.3. The van der Waals surface area contributed by atoms with E-state index in [-0.39, 0.29) is 11.4 Å². The van der Waals surface area contributed by atoms with Gasteiger partial charge in [0.25, 0.3) is 5.56 Å². The van der Waals surface area contributed by atoms with Gasteiger partial charge in [-0.25, -0.2) is 9.07 Å². The van der Waals surface area contributed by atoms with E-state index >= 15 is 0 Å². The molecule has 9 nitrogen and oxygen atoms in total. The average Bonchev–Trinajstić information content (AvgIpc) is 3.45. The normalized spacial score (nSPS) is 14.9. The Balaban J connectivity index is 1.36. The molecule has 0 saturated carbocycles. The van der Waals surface area contributed by atoms with E-state index in [1.165, 1.54) is 11.6 Å². The number of H-pyrrole nitrogens is 1. The van der Waals surface area contributed by atoms with E-state index in [4.69, 9.17) is 4.74 Å². The van der Waals surface area contributed by atoms with Crippen LogP contribution in [0.3, 0.4) is 0 Å². The number of methoxy groups -OCH3 is 1. The Kier molecular flexibility index (Phi) is 7.24. The van der Waals surface area contributed by atoms with Crippen molar-refractivity contribution >= 4 is 16.6 Å². The first kappa shape index (κ1) is 25.7. The smallest absolute Gasteiger partial charge is 0.253 e. The molecule has 6 rings (SSSR count). The van der Waals surface area contributed by atoms with Gasteiger partial charge in [0.2, 0.25) is 0 Å². The molecule has 0 bridgehead atoms. The molecule has 204 valence electrons. The highest BCUT2D eigenvalue weighted by Gasteiger charge is 2.33. The monoisotopic (exact) mass is 539 g/mol. The first-order chi connectivity index (χ1) is 19.6. The number of aryl methyl sites for hydroxylation is 2. The van der Waals surface area contributed by atoms with Crippen LogP contribution < -0.4 is 15.2 Å². The van der Waals surface area contributed by atoms with Crippen molar-refractivity contribution in [3.8, 4) is 5.75 Å². The van der Waals surface area contributed by atoms with Gasteiger partial charge in [-0.15, -0.1) is 5.10 Å². The van der Waals surface area contributed by atoms with E-state index in [2.05, 4.69) is 37.5 Å². The van der Waals surface area contributed by atoms with Gasteiger partial charge in [-0.05, 0) is 58.8 Å². The zero-order chi connectivity index (χ0) is 27.5. The maximum absolute atomic E-state index is 14.5. The number of fused-ring (bicyclic) bond motifs is 1. The standard InChI is InChI=1S/C30H30FN7O2/c1-40-23-11-12-26-22(19-23)20-24(30(39)32-26)28(29-33-34-35-38(29)14-13-21-7-3-2-4-8-21)37-17-15-36(16-18-37)27-10-6-5-9-25(27)31/h2-12,19-20,28H,13-18H2,1H3,(H,32,39)/t28-/m0/s1. The zero-order valence-corrected chi connectivity index (χ0v) is 22.2. The first-order valence-corrected chi connectivity index (χ1v) is 13.3. The Bertz CT molecular complexity index is 1660. The summed E-state index contributed by atoms with van der Waals surface area (Å²) in [4.78, 5) is 20.8. The lowest BCUT2D eigenvalue weighted by Crippen LogP contribution is -2.49. The molecule has 3 aromatic carbocycles. The molecule has 5 aromatic rings. The van der Waals surface area contributed by atoms with E-state index in [9.17, 15) is 9.18 Å². The number of hydrogen-bond acceptors (Lipinski definition) is 7. The molecule has 0 aliphatic carbocycles. The summed E-state index contributed by atoms with van der Waals surface area (Å²) in [7, 11) is 1.62. The van der Waals surface area contributed by atoms with Gasteiger partial charge in [0, 0.05) is 49.2 Å². The summed E-state index contributed by atoms with van der Waals surface area (Å²) in [5.41, 5.74) is 2.84. The quantitative estimate of drug-likeness (QED) is 0.321. The maximum atomic E-state index is 14.5. The number of aromatic amines is 1. The van der Waals surface area contributed by atoms with Crippen molar-refractivity contribution in [2.24, 2.45) is 0 Å². The van der Waals surface area contributed by atoms with Crippen LogP contribution in [0.15, 0.2) is 83.7 Å². The third-order valence-electron chi connectivity index (χ3n) is 7.51. The number of piperazine rings is 1. The molecule has 10 heteroatoms. The number of para-hydroxylation sites is 1. The van der Waals surface area contributed by atoms with Crippen LogP contribution in [0.4, 0.5) is 10.1 Å². The fraction of sp³-hybridized carbons (Fsp3) is 0.267. The minimum absolute atomic E-state index is 0.197. The average molecular weight is 540 g/mol. The molecule has 1 atom stereocenters. The molecule has 0 amide bonds. The number of nitrogens with one attached hydrogen (secondary N) is 1. The third kappa shape index (κ3) is 5.17. The van der Waals surface area contributed by atoms with Gasteiger partial charge in [-0.3, -0.25) is 9.69 Å². The second-order valence-electron chi connectivity index (χ2n) is 9.88. The highest BCUT2D eigenvalue weighted by molar-refractivity contribution is 5.80. The molecule has 2 aromatic heterocycles. The van der Waals surface area contributed by atoms with Gasteiger partial charge in [0.05, 0.1) is 12.8 Å². The SMILES string of the molecule is COc1ccc2[nH]c(=O)c([C@@H](c3nnnn3CCc3ccccc3)N3CCN(c4ccccc4F)CC3)cc2c1. The van der Waals surface area contributed by atoms with Crippen molar-refractivity contribution in [3.05, 3.63) is 112 Å². The summed E-state index contributed by atoms with van der Waals surface area (Å²) in [6.45, 7) is 2.96. The third-order valence-corrected chi connectivity index (χ3v) is 7.51. The van der Waals surface area contributed by atoms with Crippen LogP contribution in [0, 0.1) is 5.82 Å². The minimum Gasteiger partial charge on any atom is -0.497 e. The van der Waals surface area contributed by atoms with Gasteiger partial charge in [0.1, 0.15) is 17.6 Å². The summed E-state index contributed by atoms with van der Waals surface area (Å²) in [6.07, 6.45) is 0.748. The Hall–Kier alpha value is -4.57. The van der Waals surface area contributed by atoms with E-state index in [0.29, 0.717) is 55.5 Å². The summed E-state index contributed by atoms with van der Waals surface area (Å²) in [5.74, 6) is 1.06. The number of ether oxygens (including phenoxy) is 1. The predicted octanol–water partition coefficient (Wildman–Crippen LogP) is 3.82. The largest absolute Gasteiger partial charge is 0.497 e. The lowest BCUT2D eigenvalue weighted by atomic mass is 10.0. The summed E-state index contributed by atoms with van der Waals surface area (Å²) in [5, 5.41) is 13.6. The van der Waals surface area contributed by atoms with Gasteiger partial charge in [-0.1, -0.05) is 42.5 Å². The number of rotatable bonds is 8. The number of anilines is 1. The van der Waals surface area contributed by atoms with Gasteiger partial charge in [0.15, 0.2) is 5.82 Å². The van der Waals surface area contributed by atoms with Crippen molar-refractivity contribution in [1.82, 2.24) is 30.1 Å². The van der Waals surface area contributed by atoms with Crippen LogP contribution >= 0.6 is 0 Å². The van der Waals surface area contributed by atoms with E-state index < -0.39 is 6.04 Å². The van der Waals surface area contributed by atoms with Crippen LogP contribution in [-0.4, -0.2) is 63.4 Å². The molecule has 3 heterocycles. The van der Waals surface area contributed by atoms with E-state index in [0.717, 1.165) is 17.3 Å². The van der Waals surface area contributed by atoms with Crippen molar-refractivity contribution in [3.63, 3.8) is 0 Å². The summed E-state index contributed by atoms with van der Waals surface area (Å²) >= 11 is 0. The number of halogens is 1. The second-order valence-corrected chi connectivity index (χ2v) is 9.88. The van der Waals surface area contributed by atoms with Gasteiger partial charge < -0.3 is 14.6 Å². The second kappa shape index (κ2) is 11.3. The lowest BCUT2D eigenvalue weighted by molar-refractivity contribution is 0.199. The molecule has 40 heavy (non-hydrogen) atoms. The molecule has 1 fully saturated rings. The van der Waals surface area contributed by atoms with Crippen LogP contribution in [0.25, 0.3) is 10.9 Å². The molecule has 1 saturated heterocycles. The van der Waals surface area contributed by atoms with Crippen LogP contribution in [-0.2, 0) is 13.0 Å². The van der Waals surface area contributed by atoms with Crippen molar-refractivity contribution in [2.75, 3.05) is 38.2 Å². The molecular formula is C30H30FN7O2. The minimum atomic E-state index is -0.493. The summed E-state index contributed by atoms with van der Waals surface area (Å²) in [6, 6.07) is 24.0. The van der Waals surface area contributed by atoms with E-state index in [1.54, 1.807) is 23.9 Å². The van der Waals surface area contributed by atoms with Crippen LogP contribution in [0.2, 0.25) is 0 Å². The van der Waals surface area contributed by atoms with Crippen molar-refractivity contribution in [2.45, 2.75) is 19.0 Å². The Labute approximate surface area is 230 Å². The number of tetrazole rings is 1. The molecule has 1 aliphatic rings. The van der Waals surface area contributed by atoms with E-state index in [1.807, 2.05) is 53.4 Å². The highest BCUT2D eigenvalue weighted by Crippen LogP contribution is 2.30. The van der Waals surface area contributed by atoms with Crippen molar-refractivity contribution < 1.29 is 9.13 Å². The number of benzene rings is 3. The highest BCUT2D eigenvalue weighted by atomic mass is 19.1. The predicted molar refractivity (Wildman–Crippen MR) is 151 cm³/mol. The topological polar surface area (TPSA) is 92.2 Å². The number of nitrogens with zero attached hydrogens (tertiary/aromatic N) is 6. The van der Waals surface area contributed by atoms with Gasteiger partial charge >= 0.3 is 0 Å². The molecule has 0 unspecified atom stereocenters. The molecule has 1 N–H and O–H groups in total. The Morgan fingerprint density at radius 3 is 2.52 bits per heavy atom. The molecule has 1 aliphatic heterocycles. The van der Waals surface area contributed by atoms with Gasteiger partial charge in [-0.2, -0.15) is 0 Å². The number of aromatic nitrogens is 5. The molecular weight excluding hydrogens is 509 g/mol. The maximum Gasteiger partial charge on any atom is 0.253 e. The lowest BCUT2D eigenvalue weighted by Gasteiger charge is -2.39. The molecule has 0 spiro atoms. The van der Waals surface area contributed by atoms with Crippen LogP contribution in [0.1, 0.15) is 23.0 Å². The van der Waals surface area contributed by atoms with Crippen molar-refractivity contribution in [1.29, 1.82) is 0 Å². The molecule has 0 radical (unpaired) electrons. The Morgan fingerprint density at radius 1 is 0.975 bits per heavy atom. The number of pyridine rings is 1. The summed E-state index contributed by atoms with van der Waals surface area (Å²) < 4.78 is 21.7. The fourth-order valence-corrected chi connectivity index (χ4v) is 5.41. The fourth-order valence-electron chi connectivity index (χ4n) is 5.41. The Morgan fingerprint density at radius 2 is 1.75 bits per heavy atom. The van der Waals surface area contributed by atoms with Crippen LogP contribution in [0.5, 0.6) is 5.75 Å².